The maximum atomic E-state index is 6.38. The van der Waals surface area contributed by atoms with E-state index < -0.39 is 0 Å². The van der Waals surface area contributed by atoms with Crippen LogP contribution in [0.1, 0.15) is 36.3 Å². The fourth-order valence-electron chi connectivity index (χ4n) is 2.68. The minimum atomic E-state index is 0.174. The lowest BCUT2D eigenvalue weighted by Gasteiger charge is -2.09. The largest absolute Gasteiger partial charge is 0.324 e. The van der Waals surface area contributed by atoms with Crippen molar-refractivity contribution in [2.24, 2.45) is 11.7 Å². The summed E-state index contributed by atoms with van der Waals surface area (Å²) in [5.74, 6) is 1.47. The van der Waals surface area contributed by atoms with Crippen LogP contribution in [-0.2, 0) is 0 Å². The van der Waals surface area contributed by atoms with Gasteiger partial charge in [-0.2, -0.15) is 0 Å². The Labute approximate surface area is 85.3 Å². The van der Waals surface area contributed by atoms with Crippen LogP contribution in [0.3, 0.4) is 0 Å². The van der Waals surface area contributed by atoms with E-state index in [9.17, 15) is 0 Å². The summed E-state index contributed by atoms with van der Waals surface area (Å²) in [5, 5.41) is 0. The summed E-state index contributed by atoms with van der Waals surface area (Å²) in [6.07, 6.45) is 3.93. The van der Waals surface area contributed by atoms with Crippen LogP contribution in [-0.4, -0.2) is 5.54 Å². The highest BCUT2D eigenvalue weighted by Crippen LogP contribution is 2.60. The third-order valence-electron chi connectivity index (χ3n) is 3.83. The van der Waals surface area contributed by atoms with Gasteiger partial charge in [0.1, 0.15) is 0 Å². The van der Waals surface area contributed by atoms with Crippen LogP contribution in [0.25, 0.3) is 0 Å². The van der Waals surface area contributed by atoms with E-state index in [1.807, 2.05) is 0 Å². The average molecular weight is 187 g/mol. The molecular formula is C13H17N. The summed E-state index contributed by atoms with van der Waals surface area (Å²) < 4.78 is 0. The van der Waals surface area contributed by atoms with Crippen molar-refractivity contribution >= 4 is 0 Å². The highest BCUT2D eigenvalue weighted by atomic mass is 14.9. The maximum absolute atomic E-state index is 6.38. The summed E-state index contributed by atoms with van der Waals surface area (Å²) in [7, 11) is 0. The molecule has 2 aliphatic carbocycles. The van der Waals surface area contributed by atoms with Crippen molar-refractivity contribution in [3.8, 4) is 0 Å². The molecule has 2 N–H and O–H groups in total. The van der Waals surface area contributed by atoms with Gasteiger partial charge in [0, 0.05) is 11.5 Å². The molecule has 0 saturated heterocycles. The zero-order chi connectivity index (χ0) is 9.76. The molecule has 0 radical (unpaired) electrons. The molecule has 1 aromatic rings. The van der Waals surface area contributed by atoms with Crippen LogP contribution in [0.15, 0.2) is 24.3 Å². The molecule has 0 aliphatic heterocycles. The molecular weight excluding hydrogens is 170 g/mol. The van der Waals surface area contributed by atoms with E-state index in [0.717, 1.165) is 5.92 Å². The van der Waals surface area contributed by atoms with Crippen molar-refractivity contribution in [2.45, 2.75) is 37.6 Å². The van der Waals surface area contributed by atoms with Gasteiger partial charge in [-0.3, -0.25) is 0 Å². The molecule has 2 atom stereocenters. The molecule has 2 fully saturated rings. The molecule has 2 unspecified atom stereocenters. The molecule has 1 heteroatoms. The third-order valence-corrected chi connectivity index (χ3v) is 3.83. The molecule has 1 aromatic carbocycles. The topological polar surface area (TPSA) is 26.0 Å². The number of hydrogen-bond acceptors (Lipinski definition) is 1. The van der Waals surface area contributed by atoms with Gasteiger partial charge in [0.15, 0.2) is 0 Å². The summed E-state index contributed by atoms with van der Waals surface area (Å²) in [4.78, 5) is 0. The Hall–Kier alpha value is -0.820. The van der Waals surface area contributed by atoms with Crippen molar-refractivity contribution in [1.29, 1.82) is 0 Å². The van der Waals surface area contributed by atoms with Crippen LogP contribution in [0, 0.1) is 12.8 Å². The van der Waals surface area contributed by atoms with Gasteiger partial charge in [-0.1, -0.05) is 29.8 Å². The van der Waals surface area contributed by atoms with Gasteiger partial charge in [-0.05, 0) is 37.7 Å². The van der Waals surface area contributed by atoms with Gasteiger partial charge in [-0.25, -0.2) is 0 Å². The van der Waals surface area contributed by atoms with Crippen molar-refractivity contribution < 1.29 is 0 Å². The molecule has 2 saturated carbocycles. The quantitative estimate of drug-likeness (QED) is 0.756. The number of aryl methyl sites for hydroxylation is 1. The highest BCUT2D eigenvalue weighted by Gasteiger charge is 2.59. The Morgan fingerprint density at radius 2 is 2.14 bits per heavy atom. The van der Waals surface area contributed by atoms with Crippen LogP contribution in [0.4, 0.5) is 0 Å². The van der Waals surface area contributed by atoms with E-state index >= 15 is 0 Å². The summed E-state index contributed by atoms with van der Waals surface area (Å²) in [6, 6.07) is 8.83. The van der Waals surface area contributed by atoms with Crippen molar-refractivity contribution in [3.05, 3.63) is 35.4 Å². The second kappa shape index (κ2) is 2.60. The number of rotatable bonds is 2. The zero-order valence-corrected chi connectivity index (χ0v) is 8.66. The fourth-order valence-corrected chi connectivity index (χ4v) is 2.68. The van der Waals surface area contributed by atoms with E-state index in [1.54, 1.807) is 0 Å². The monoisotopic (exact) mass is 187 g/mol. The Bertz CT molecular complexity index is 367. The number of nitrogens with two attached hydrogens (primary N) is 1. The zero-order valence-electron chi connectivity index (χ0n) is 8.66. The highest BCUT2D eigenvalue weighted by molar-refractivity contribution is 5.37. The first-order valence-corrected chi connectivity index (χ1v) is 5.55. The molecule has 0 spiro atoms. The van der Waals surface area contributed by atoms with E-state index in [2.05, 4.69) is 31.2 Å². The standard InChI is InChI=1S/C13H17N/c1-9-3-2-4-10(7-9)12-8-13(12,14)11-5-6-11/h2-4,7,11-12H,5-6,8,14H2,1H3. The molecule has 14 heavy (non-hydrogen) atoms. The lowest BCUT2D eigenvalue weighted by Crippen LogP contribution is -2.26. The Morgan fingerprint density at radius 1 is 1.36 bits per heavy atom. The van der Waals surface area contributed by atoms with E-state index in [-0.39, 0.29) is 5.54 Å². The first-order valence-electron chi connectivity index (χ1n) is 5.55. The molecule has 3 rings (SSSR count). The third kappa shape index (κ3) is 1.19. The predicted octanol–water partition coefficient (Wildman–Crippen LogP) is 2.59. The summed E-state index contributed by atoms with van der Waals surface area (Å²) in [6.45, 7) is 2.15. The number of hydrogen-bond donors (Lipinski definition) is 1. The second-order valence-corrected chi connectivity index (χ2v) is 5.06. The van der Waals surface area contributed by atoms with Crippen LogP contribution in [0.2, 0.25) is 0 Å². The number of benzene rings is 1. The van der Waals surface area contributed by atoms with E-state index in [0.29, 0.717) is 5.92 Å². The fraction of sp³-hybridized carbons (Fsp3) is 0.538. The molecule has 2 aliphatic rings. The Morgan fingerprint density at radius 3 is 2.79 bits per heavy atom. The van der Waals surface area contributed by atoms with E-state index in [1.165, 1.54) is 30.4 Å². The maximum Gasteiger partial charge on any atom is 0.0259 e. The van der Waals surface area contributed by atoms with Gasteiger partial charge in [0.25, 0.3) is 0 Å². The van der Waals surface area contributed by atoms with Crippen LogP contribution < -0.4 is 5.73 Å². The second-order valence-electron chi connectivity index (χ2n) is 5.06. The van der Waals surface area contributed by atoms with Gasteiger partial charge in [-0.15, -0.1) is 0 Å². The van der Waals surface area contributed by atoms with Gasteiger partial charge in [0.2, 0.25) is 0 Å². The first kappa shape index (κ1) is 8.49. The molecule has 1 nitrogen and oxygen atoms in total. The molecule has 74 valence electrons. The van der Waals surface area contributed by atoms with Crippen molar-refractivity contribution in [1.82, 2.24) is 0 Å². The Kier molecular flexibility index (Phi) is 1.58. The molecule has 0 amide bonds. The van der Waals surface area contributed by atoms with Crippen molar-refractivity contribution in [3.63, 3.8) is 0 Å². The van der Waals surface area contributed by atoms with Gasteiger partial charge in [0.05, 0.1) is 0 Å². The van der Waals surface area contributed by atoms with Crippen LogP contribution in [0.5, 0.6) is 0 Å². The minimum absolute atomic E-state index is 0.174. The predicted molar refractivity (Wildman–Crippen MR) is 58.2 cm³/mol. The lowest BCUT2D eigenvalue weighted by atomic mass is 10.0. The minimum Gasteiger partial charge on any atom is -0.324 e. The molecule has 0 aromatic heterocycles. The van der Waals surface area contributed by atoms with E-state index in [4.69, 9.17) is 5.73 Å². The first-order chi connectivity index (χ1) is 6.70. The summed E-state index contributed by atoms with van der Waals surface area (Å²) >= 11 is 0. The lowest BCUT2D eigenvalue weighted by molar-refractivity contribution is 0.567. The van der Waals surface area contributed by atoms with Gasteiger partial charge >= 0.3 is 0 Å². The average Bonchev–Trinajstić information content (AvgIpc) is 2.95. The normalized spacial score (nSPS) is 35.7. The van der Waals surface area contributed by atoms with Crippen LogP contribution >= 0.6 is 0 Å². The smallest absolute Gasteiger partial charge is 0.0259 e. The SMILES string of the molecule is Cc1cccc(C2CC2(N)C2CC2)c1. The van der Waals surface area contributed by atoms with Crippen molar-refractivity contribution in [2.75, 3.05) is 0 Å². The molecule has 0 heterocycles. The summed E-state index contributed by atoms with van der Waals surface area (Å²) in [5.41, 5.74) is 9.36. The van der Waals surface area contributed by atoms with Gasteiger partial charge < -0.3 is 5.73 Å². The Balaban J connectivity index is 1.85. The molecule has 0 bridgehead atoms.